The van der Waals surface area contributed by atoms with E-state index in [-0.39, 0.29) is 10.8 Å². The Morgan fingerprint density at radius 3 is 1.30 bits per heavy atom. The van der Waals surface area contributed by atoms with Crippen LogP contribution in [0, 0.1) is 10.8 Å². The molecule has 30 heavy (non-hydrogen) atoms. The highest BCUT2D eigenvalue weighted by atomic mass is 16.5. The molecular weight excluding hydrogens is 380 g/mol. The van der Waals surface area contributed by atoms with Gasteiger partial charge in [-0.3, -0.25) is 0 Å². The Morgan fingerprint density at radius 2 is 1.03 bits per heavy atom. The zero-order valence-corrected chi connectivity index (χ0v) is 17.8. The van der Waals surface area contributed by atoms with Crippen LogP contribution in [0.2, 0.25) is 0 Å². The average Bonchev–Trinajstić information content (AvgIpc) is 2.73. The number of benzene rings is 2. The molecule has 2 aliphatic heterocycles. The summed E-state index contributed by atoms with van der Waals surface area (Å²) in [5, 5.41) is 8.63. The molecule has 0 aromatic heterocycles. The van der Waals surface area contributed by atoms with Gasteiger partial charge in [0.05, 0.1) is 61.8 Å². The lowest BCUT2D eigenvalue weighted by Crippen LogP contribution is -2.46. The van der Waals surface area contributed by atoms with Gasteiger partial charge in [0.25, 0.3) is 0 Å². The predicted molar refractivity (Wildman–Crippen MR) is 115 cm³/mol. The Balaban J connectivity index is 1.27. The molecule has 0 N–H and O–H groups in total. The summed E-state index contributed by atoms with van der Waals surface area (Å²) >= 11 is 0. The molecule has 0 unspecified atom stereocenters. The Kier molecular flexibility index (Phi) is 6.35. The number of hydrogen-bond donors (Lipinski definition) is 0. The molecule has 4 rings (SSSR count). The average molecular weight is 411 g/mol. The van der Waals surface area contributed by atoms with Crippen molar-refractivity contribution in [2.75, 3.05) is 39.6 Å². The van der Waals surface area contributed by atoms with E-state index in [9.17, 15) is 0 Å². The van der Waals surface area contributed by atoms with E-state index in [2.05, 4.69) is 24.1 Å². The highest BCUT2D eigenvalue weighted by Gasteiger charge is 2.38. The van der Waals surface area contributed by atoms with Gasteiger partial charge >= 0.3 is 0 Å². The molecule has 0 amide bonds. The molecule has 2 saturated heterocycles. The molecular formula is C24H30N2O4. The largest absolute Gasteiger partial charge is 0.493 e. The second kappa shape index (κ2) is 9.14. The lowest BCUT2D eigenvalue weighted by molar-refractivity contribution is -0.133. The van der Waals surface area contributed by atoms with Crippen LogP contribution < -0.4 is 9.47 Å². The molecule has 0 saturated carbocycles. The lowest BCUT2D eigenvalue weighted by Gasteiger charge is -2.40. The zero-order valence-electron chi connectivity index (χ0n) is 17.8. The van der Waals surface area contributed by atoms with Crippen molar-refractivity contribution in [3.63, 3.8) is 0 Å². The normalized spacial score (nSPS) is 19.1. The van der Waals surface area contributed by atoms with Crippen LogP contribution in [0.1, 0.15) is 26.7 Å². The third-order valence-electron chi connectivity index (χ3n) is 6.18. The fraction of sp³-hybridized carbons (Fsp3) is 0.500. The first-order chi connectivity index (χ1) is 14.6. The number of nitrogens with zero attached hydrogens (tertiary/aromatic N) is 2. The van der Waals surface area contributed by atoms with E-state index in [1.54, 1.807) is 0 Å². The molecule has 2 aliphatic rings. The first-order valence-corrected chi connectivity index (χ1v) is 10.7. The van der Waals surface area contributed by atoms with Crippen LogP contribution in [0.25, 0.3) is 0 Å². The third kappa shape index (κ3) is 4.82. The quantitative estimate of drug-likeness (QED) is 0.471. The molecule has 0 spiro atoms. The number of hydrogen-bond acceptors (Lipinski definition) is 6. The monoisotopic (exact) mass is 410 g/mol. The first-order valence-electron chi connectivity index (χ1n) is 10.7. The maximum absolute atomic E-state index is 5.93. The minimum absolute atomic E-state index is 0.178. The van der Waals surface area contributed by atoms with Crippen LogP contribution in [0.15, 0.2) is 58.8 Å². The molecule has 0 bridgehead atoms. The summed E-state index contributed by atoms with van der Waals surface area (Å²) in [7, 11) is 0. The molecule has 2 aromatic carbocycles. The Morgan fingerprint density at radius 1 is 0.667 bits per heavy atom. The van der Waals surface area contributed by atoms with Gasteiger partial charge in [-0.15, -0.1) is 0 Å². The summed E-state index contributed by atoms with van der Waals surface area (Å²) in [6.45, 7) is 8.87. The molecule has 2 aromatic rings. The van der Waals surface area contributed by atoms with E-state index in [1.807, 2.05) is 48.5 Å². The van der Waals surface area contributed by atoms with Gasteiger partial charge in [-0.1, -0.05) is 13.8 Å². The van der Waals surface area contributed by atoms with Crippen LogP contribution in [-0.2, 0) is 9.47 Å². The summed E-state index contributed by atoms with van der Waals surface area (Å²) in [6, 6.07) is 15.4. The van der Waals surface area contributed by atoms with Gasteiger partial charge in [-0.25, -0.2) is 0 Å². The van der Waals surface area contributed by atoms with Gasteiger partial charge in [0, 0.05) is 0 Å². The van der Waals surface area contributed by atoms with Gasteiger partial charge in [-0.2, -0.15) is 10.2 Å². The maximum Gasteiger partial charge on any atom is 0.119 e. The van der Waals surface area contributed by atoms with E-state index in [0.29, 0.717) is 13.2 Å². The summed E-state index contributed by atoms with van der Waals surface area (Å²) in [5.74, 6) is 1.69. The van der Waals surface area contributed by atoms with E-state index < -0.39 is 0 Å². The fourth-order valence-electron chi connectivity index (χ4n) is 3.37. The Labute approximate surface area is 178 Å². The van der Waals surface area contributed by atoms with Crippen molar-refractivity contribution < 1.29 is 18.9 Å². The van der Waals surface area contributed by atoms with Gasteiger partial charge in [0.2, 0.25) is 0 Å². The SMILES string of the molecule is CCC1(COc2ccc(N=Nc3ccc(OCC4(CC)COC4)cc3)cc2)COC1. The standard InChI is InChI=1S/C24H30N2O4/c1-3-23(13-27-14-23)17-29-21-9-5-19(6-10-21)25-26-20-7-11-22(12-8-20)30-18-24(4-2)15-28-16-24/h5-12H,3-4,13-18H2,1-2H3. The summed E-state index contributed by atoms with van der Waals surface area (Å²) < 4.78 is 22.5. The fourth-order valence-corrected chi connectivity index (χ4v) is 3.37. The van der Waals surface area contributed by atoms with Crippen molar-refractivity contribution in [3.05, 3.63) is 48.5 Å². The van der Waals surface area contributed by atoms with Gasteiger partial charge in [0.15, 0.2) is 0 Å². The topological polar surface area (TPSA) is 61.6 Å². The van der Waals surface area contributed by atoms with Gasteiger partial charge < -0.3 is 18.9 Å². The van der Waals surface area contributed by atoms with Crippen LogP contribution in [0.3, 0.4) is 0 Å². The smallest absolute Gasteiger partial charge is 0.119 e. The number of rotatable bonds is 10. The molecule has 160 valence electrons. The van der Waals surface area contributed by atoms with Gasteiger partial charge in [0.1, 0.15) is 11.5 Å². The highest BCUT2D eigenvalue weighted by molar-refractivity contribution is 5.44. The van der Waals surface area contributed by atoms with E-state index in [1.165, 1.54) is 0 Å². The predicted octanol–water partition coefficient (Wildman–Crippen LogP) is 5.71. The molecule has 0 aliphatic carbocycles. The first kappa shape index (κ1) is 20.8. The molecule has 6 heteroatoms. The summed E-state index contributed by atoms with van der Waals surface area (Å²) in [6.07, 6.45) is 2.13. The van der Waals surface area contributed by atoms with Crippen molar-refractivity contribution in [2.45, 2.75) is 26.7 Å². The molecule has 0 radical (unpaired) electrons. The minimum atomic E-state index is 0.178. The van der Waals surface area contributed by atoms with Gasteiger partial charge in [-0.05, 0) is 61.4 Å². The van der Waals surface area contributed by atoms with Crippen LogP contribution >= 0.6 is 0 Å². The summed E-state index contributed by atoms with van der Waals surface area (Å²) in [5.41, 5.74) is 1.93. The third-order valence-corrected chi connectivity index (χ3v) is 6.18. The maximum atomic E-state index is 5.93. The van der Waals surface area contributed by atoms with E-state index >= 15 is 0 Å². The van der Waals surface area contributed by atoms with Crippen molar-refractivity contribution in [2.24, 2.45) is 21.1 Å². The van der Waals surface area contributed by atoms with E-state index in [4.69, 9.17) is 18.9 Å². The minimum Gasteiger partial charge on any atom is -0.493 e. The Hall–Kier alpha value is -2.44. The van der Waals surface area contributed by atoms with Crippen molar-refractivity contribution in [3.8, 4) is 11.5 Å². The van der Waals surface area contributed by atoms with Crippen molar-refractivity contribution >= 4 is 11.4 Å². The van der Waals surface area contributed by atoms with E-state index in [0.717, 1.165) is 62.1 Å². The van der Waals surface area contributed by atoms with Crippen LogP contribution in [0.5, 0.6) is 11.5 Å². The highest BCUT2D eigenvalue weighted by Crippen LogP contribution is 2.33. The zero-order chi connectivity index (χ0) is 20.9. The number of ether oxygens (including phenoxy) is 4. The second-order valence-electron chi connectivity index (χ2n) is 8.46. The second-order valence-corrected chi connectivity index (χ2v) is 8.46. The number of azo groups is 1. The molecule has 2 heterocycles. The molecule has 0 atom stereocenters. The lowest BCUT2D eigenvalue weighted by atomic mass is 9.84. The Bertz CT molecular complexity index is 758. The van der Waals surface area contributed by atoms with Crippen molar-refractivity contribution in [1.82, 2.24) is 0 Å². The van der Waals surface area contributed by atoms with Crippen molar-refractivity contribution in [1.29, 1.82) is 0 Å². The summed E-state index contributed by atoms with van der Waals surface area (Å²) in [4.78, 5) is 0. The molecule has 6 nitrogen and oxygen atoms in total. The van der Waals surface area contributed by atoms with Crippen LogP contribution in [-0.4, -0.2) is 39.6 Å². The molecule has 2 fully saturated rings. The van der Waals surface area contributed by atoms with Crippen LogP contribution in [0.4, 0.5) is 11.4 Å².